The van der Waals surface area contributed by atoms with Gasteiger partial charge in [-0.1, -0.05) is 59.9 Å². The number of amides is 1. The molecule has 0 saturated carbocycles. The fourth-order valence-electron chi connectivity index (χ4n) is 2.17. The van der Waals surface area contributed by atoms with E-state index in [2.05, 4.69) is 16.4 Å². The average Bonchev–Trinajstić information content (AvgIpc) is 3.06. The highest BCUT2D eigenvalue weighted by atomic mass is 32.1. The van der Waals surface area contributed by atoms with Crippen molar-refractivity contribution in [1.29, 1.82) is 0 Å². The van der Waals surface area contributed by atoms with Gasteiger partial charge in [-0.3, -0.25) is 4.79 Å². The summed E-state index contributed by atoms with van der Waals surface area (Å²) in [5.41, 5.74) is 7.65. The van der Waals surface area contributed by atoms with Crippen molar-refractivity contribution in [2.45, 2.75) is 0 Å². The van der Waals surface area contributed by atoms with E-state index in [1.165, 1.54) is 4.70 Å². The monoisotopic (exact) mass is 347 g/mol. The maximum absolute atomic E-state index is 10.4. The van der Waals surface area contributed by atoms with Crippen molar-refractivity contribution >= 4 is 38.3 Å². The third-order valence-electron chi connectivity index (χ3n) is 3.38. The lowest BCUT2D eigenvalue weighted by Gasteiger charge is -1.99. The fourth-order valence-corrected chi connectivity index (χ4v) is 3.06. The number of aromatic nitrogens is 1. The van der Waals surface area contributed by atoms with Crippen molar-refractivity contribution in [3.05, 3.63) is 90.5 Å². The normalized spacial score (nSPS) is 9.92. The van der Waals surface area contributed by atoms with E-state index in [0.29, 0.717) is 5.56 Å². The van der Waals surface area contributed by atoms with Crippen LogP contribution in [-0.4, -0.2) is 10.9 Å². The third kappa shape index (κ3) is 4.65. The van der Waals surface area contributed by atoms with Crippen LogP contribution in [0, 0.1) is 0 Å². The molecule has 0 radical (unpaired) electrons. The van der Waals surface area contributed by atoms with Gasteiger partial charge < -0.3 is 11.1 Å². The van der Waals surface area contributed by atoms with Gasteiger partial charge in [-0.2, -0.15) is 0 Å². The predicted molar refractivity (Wildman–Crippen MR) is 104 cm³/mol. The van der Waals surface area contributed by atoms with Crippen LogP contribution in [0.5, 0.6) is 0 Å². The molecular formula is C20H17N3OS. The van der Waals surface area contributed by atoms with Gasteiger partial charge >= 0.3 is 0 Å². The highest BCUT2D eigenvalue weighted by Crippen LogP contribution is 2.27. The van der Waals surface area contributed by atoms with Crippen molar-refractivity contribution in [3.8, 4) is 0 Å². The molecule has 1 heterocycles. The zero-order valence-electron chi connectivity index (χ0n) is 13.4. The van der Waals surface area contributed by atoms with E-state index in [9.17, 15) is 4.79 Å². The molecule has 5 heteroatoms. The Balaban J connectivity index is 0.000000173. The van der Waals surface area contributed by atoms with E-state index in [1.54, 1.807) is 35.6 Å². The van der Waals surface area contributed by atoms with Gasteiger partial charge in [0.05, 0.1) is 10.2 Å². The second-order valence-electron chi connectivity index (χ2n) is 5.21. The van der Waals surface area contributed by atoms with Gasteiger partial charge in [0.25, 0.3) is 0 Å². The lowest BCUT2D eigenvalue weighted by Crippen LogP contribution is -2.09. The van der Waals surface area contributed by atoms with E-state index in [0.717, 1.165) is 16.3 Å². The molecule has 4 nitrogen and oxygen atoms in total. The van der Waals surface area contributed by atoms with Crippen LogP contribution in [0.4, 0.5) is 10.8 Å². The Bertz CT molecular complexity index is 919. The van der Waals surface area contributed by atoms with Gasteiger partial charge in [-0.15, -0.1) is 0 Å². The van der Waals surface area contributed by atoms with Gasteiger partial charge in [0.15, 0.2) is 5.13 Å². The molecule has 124 valence electrons. The van der Waals surface area contributed by atoms with E-state index >= 15 is 0 Å². The van der Waals surface area contributed by atoms with Crippen molar-refractivity contribution in [3.63, 3.8) is 0 Å². The second-order valence-corrected chi connectivity index (χ2v) is 6.24. The summed E-state index contributed by atoms with van der Waals surface area (Å²) in [7, 11) is 0. The van der Waals surface area contributed by atoms with E-state index in [4.69, 9.17) is 5.73 Å². The number of benzene rings is 3. The molecule has 0 saturated heterocycles. The molecule has 4 aromatic rings. The van der Waals surface area contributed by atoms with Gasteiger partial charge in [0.2, 0.25) is 5.91 Å². The number of nitrogens with two attached hydrogens (primary N) is 1. The molecule has 0 aliphatic rings. The van der Waals surface area contributed by atoms with Crippen molar-refractivity contribution in [2.75, 3.05) is 5.32 Å². The number of hydrogen-bond acceptors (Lipinski definition) is 4. The number of nitrogens with one attached hydrogen (secondary N) is 1. The second kappa shape index (κ2) is 8.08. The number of hydrogen-bond donors (Lipinski definition) is 2. The summed E-state index contributed by atoms with van der Waals surface area (Å²) in [6, 6.07) is 27.0. The first kappa shape index (κ1) is 16.7. The summed E-state index contributed by atoms with van der Waals surface area (Å²) < 4.78 is 1.21. The van der Waals surface area contributed by atoms with Gasteiger partial charge in [0, 0.05) is 11.3 Å². The van der Waals surface area contributed by atoms with Crippen LogP contribution in [0.15, 0.2) is 84.9 Å². The molecule has 0 bridgehead atoms. The molecule has 1 aromatic heterocycles. The highest BCUT2D eigenvalue weighted by molar-refractivity contribution is 7.22. The van der Waals surface area contributed by atoms with Crippen molar-refractivity contribution < 1.29 is 4.79 Å². The number of carbonyl (C=O) groups is 1. The summed E-state index contributed by atoms with van der Waals surface area (Å²) in [4.78, 5) is 14.9. The first-order valence-electron chi connectivity index (χ1n) is 7.75. The minimum atomic E-state index is -0.379. The average molecular weight is 347 g/mol. The maximum Gasteiger partial charge on any atom is 0.248 e. The summed E-state index contributed by atoms with van der Waals surface area (Å²) >= 11 is 1.67. The molecule has 0 aliphatic carbocycles. The van der Waals surface area contributed by atoms with Gasteiger partial charge in [-0.05, 0) is 36.4 Å². The topological polar surface area (TPSA) is 68.0 Å². The molecule has 1 amide bonds. The summed E-state index contributed by atoms with van der Waals surface area (Å²) in [5.74, 6) is -0.379. The lowest BCUT2D eigenvalue weighted by molar-refractivity contribution is 0.100. The number of carbonyl (C=O) groups excluding carboxylic acids is 1. The summed E-state index contributed by atoms with van der Waals surface area (Å²) in [5, 5.41) is 4.24. The summed E-state index contributed by atoms with van der Waals surface area (Å²) in [6.07, 6.45) is 0. The molecule has 3 aromatic carbocycles. The van der Waals surface area contributed by atoms with Crippen LogP contribution in [0.2, 0.25) is 0 Å². The Kier molecular flexibility index (Phi) is 5.39. The number of fused-ring (bicyclic) bond motifs is 1. The van der Waals surface area contributed by atoms with Gasteiger partial charge in [-0.25, -0.2) is 4.98 Å². The zero-order chi connectivity index (χ0) is 17.5. The molecular weight excluding hydrogens is 330 g/mol. The molecule has 4 rings (SSSR count). The Morgan fingerprint density at radius 1 is 0.840 bits per heavy atom. The van der Waals surface area contributed by atoms with Crippen LogP contribution in [0.1, 0.15) is 10.4 Å². The number of anilines is 2. The number of nitrogens with zero attached hydrogens (tertiary/aromatic N) is 1. The number of para-hydroxylation sites is 2. The minimum absolute atomic E-state index is 0.379. The van der Waals surface area contributed by atoms with Crippen molar-refractivity contribution in [2.24, 2.45) is 5.73 Å². The van der Waals surface area contributed by atoms with Crippen LogP contribution >= 0.6 is 11.3 Å². The Labute approximate surface area is 150 Å². The van der Waals surface area contributed by atoms with Crippen LogP contribution < -0.4 is 11.1 Å². The molecule has 3 N–H and O–H groups in total. The summed E-state index contributed by atoms with van der Waals surface area (Å²) in [6.45, 7) is 0. The van der Waals surface area contributed by atoms with E-state index in [1.807, 2.05) is 54.6 Å². The van der Waals surface area contributed by atoms with Crippen LogP contribution in [0.25, 0.3) is 10.2 Å². The molecule has 0 unspecified atom stereocenters. The Hall–Kier alpha value is -3.18. The molecule has 25 heavy (non-hydrogen) atoms. The first-order valence-corrected chi connectivity index (χ1v) is 8.56. The molecule has 0 atom stereocenters. The molecule has 0 fully saturated rings. The standard InChI is InChI=1S/C13H10N2S.C7H7NO/c1-2-6-10(7-3-1)14-13-15-11-8-4-5-9-12(11)16-13;8-7(9)6-4-2-1-3-5-6/h1-9H,(H,14,15);1-5H,(H2,8,9). The maximum atomic E-state index is 10.4. The molecule has 0 spiro atoms. The highest BCUT2D eigenvalue weighted by Gasteiger charge is 2.02. The third-order valence-corrected chi connectivity index (χ3v) is 4.33. The SMILES string of the molecule is NC(=O)c1ccccc1.c1ccc(Nc2nc3ccccc3s2)cc1. The van der Waals surface area contributed by atoms with Crippen molar-refractivity contribution in [1.82, 2.24) is 4.98 Å². The number of primary amides is 1. The Morgan fingerprint density at radius 2 is 1.44 bits per heavy atom. The molecule has 0 aliphatic heterocycles. The minimum Gasteiger partial charge on any atom is -0.366 e. The Morgan fingerprint density at radius 3 is 2.04 bits per heavy atom. The largest absolute Gasteiger partial charge is 0.366 e. The smallest absolute Gasteiger partial charge is 0.248 e. The fraction of sp³-hybridized carbons (Fsp3) is 0. The van der Waals surface area contributed by atoms with Crippen LogP contribution in [-0.2, 0) is 0 Å². The van der Waals surface area contributed by atoms with E-state index < -0.39 is 0 Å². The number of rotatable bonds is 3. The predicted octanol–water partition coefficient (Wildman–Crippen LogP) is 4.83. The quantitative estimate of drug-likeness (QED) is 0.558. The van der Waals surface area contributed by atoms with Gasteiger partial charge in [0.1, 0.15) is 0 Å². The lowest BCUT2D eigenvalue weighted by atomic mass is 10.2. The van der Waals surface area contributed by atoms with Crippen LogP contribution in [0.3, 0.4) is 0 Å². The number of thiazole rings is 1. The first-order chi connectivity index (χ1) is 12.2. The zero-order valence-corrected chi connectivity index (χ0v) is 14.2. The van der Waals surface area contributed by atoms with E-state index in [-0.39, 0.29) is 5.91 Å².